The topological polar surface area (TPSA) is 29.5 Å². The van der Waals surface area contributed by atoms with E-state index in [0.717, 1.165) is 6.54 Å². The zero-order valence-corrected chi connectivity index (χ0v) is 4.89. The van der Waals surface area contributed by atoms with Gasteiger partial charge in [0.05, 0.1) is 6.54 Å². The third-order valence-electron chi connectivity index (χ3n) is 1.21. The summed E-state index contributed by atoms with van der Waals surface area (Å²) in [6.07, 6.45) is 0. The van der Waals surface area contributed by atoms with Gasteiger partial charge in [-0.05, 0) is 6.54 Å². The van der Waals surface area contributed by atoms with E-state index in [1.54, 1.807) is 0 Å². The van der Waals surface area contributed by atoms with Gasteiger partial charge < -0.3 is 4.74 Å². The standard InChI is InChI=1S/C5H9NO2/c1-2-6-3-5(7)8-4-6/h2-4H2,1H3. The van der Waals surface area contributed by atoms with Gasteiger partial charge in [0.15, 0.2) is 0 Å². The molecule has 0 saturated carbocycles. The molecule has 3 heteroatoms. The predicted octanol–water partition coefficient (Wildman–Crippen LogP) is -0.177. The molecule has 0 bridgehead atoms. The number of rotatable bonds is 1. The number of likely N-dealkylation sites (N-methyl/N-ethyl adjacent to an activating group) is 1. The molecule has 1 aliphatic heterocycles. The minimum absolute atomic E-state index is 0.105. The smallest absolute Gasteiger partial charge is 0.321 e. The number of carbonyl (C=O) groups is 1. The van der Waals surface area contributed by atoms with Crippen LogP contribution in [0.15, 0.2) is 0 Å². The van der Waals surface area contributed by atoms with E-state index in [2.05, 4.69) is 4.74 Å². The van der Waals surface area contributed by atoms with E-state index in [1.807, 2.05) is 11.8 Å². The van der Waals surface area contributed by atoms with Gasteiger partial charge in [-0.15, -0.1) is 0 Å². The highest BCUT2D eigenvalue weighted by Gasteiger charge is 2.17. The Morgan fingerprint density at radius 1 is 1.88 bits per heavy atom. The van der Waals surface area contributed by atoms with Crippen LogP contribution in [0.3, 0.4) is 0 Å². The Bertz CT molecular complexity index is 103. The van der Waals surface area contributed by atoms with Crippen LogP contribution in [0.1, 0.15) is 6.92 Å². The first-order chi connectivity index (χ1) is 3.83. The van der Waals surface area contributed by atoms with Gasteiger partial charge in [-0.1, -0.05) is 6.92 Å². The maximum Gasteiger partial charge on any atom is 0.321 e. The minimum Gasteiger partial charge on any atom is -0.449 e. The van der Waals surface area contributed by atoms with Gasteiger partial charge in [-0.2, -0.15) is 0 Å². The van der Waals surface area contributed by atoms with Crippen LogP contribution in [0.25, 0.3) is 0 Å². The lowest BCUT2D eigenvalue weighted by molar-refractivity contribution is -0.136. The summed E-state index contributed by atoms with van der Waals surface area (Å²) in [6, 6.07) is 0. The fourth-order valence-electron chi connectivity index (χ4n) is 0.640. The summed E-state index contributed by atoms with van der Waals surface area (Å²) < 4.78 is 4.64. The van der Waals surface area contributed by atoms with Crippen molar-refractivity contribution >= 4 is 5.97 Å². The van der Waals surface area contributed by atoms with Gasteiger partial charge in [0.25, 0.3) is 0 Å². The quantitative estimate of drug-likeness (QED) is 0.444. The monoisotopic (exact) mass is 115 g/mol. The van der Waals surface area contributed by atoms with Crippen molar-refractivity contribution in [1.82, 2.24) is 4.90 Å². The molecular formula is C5H9NO2. The highest BCUT2D eigenvalue weighted by molar-refractivity contribution is 5.73. The van der Waals surface area contributed by atoms with Crippen molar-refractivity contribution in [2.75, 3.05) is 19.8 Å². The van der Waals surface area contributed by atoms with Crippen LogP contribution in [0.5, 0.6) is 0 Å². The summed E-state index contributed by atoms with van der Waals surface area (Å²) in [6.45, 7) is 3.85. The van der Waals surface area contributed by atoms with Crippen molar-refractivity contribution in [3.63, 3.8) is 0 Å². The van der Waals surface area contributed by atoms with E-state index in [9.17, 15) is 4.79 Å². The predicted molar refractivity (Wildman–Crippen MR) is 28.2 cm³/mol. The highest BCUT2D eigenvalue weighted by Crippen LogP contribution is 1.97. The second-order valence-corrected chi connectivity index (χ2v) is 1.79. The van der Waals surface area contributed by atoms with Crippen LogP contribution < -0.4 is 0 Å². The summed E-state index contributed by atoms with van der Waals surface area (Å²) in [7, 11) is 0. The lowest BCUT2D eigenvalue weighted by Crippen LogP contribution is -2.19. The Balaban J connectivity index is 2.32. The molecule has 0 aliphatic carbocycles. The summed E-state index contributed by atoms with van der Waals surface area (Å²) in [5.41, 5.74) is 0. The Kier molecular flexibility index (Phi) is 1.48. The largest absolute Gasteiger partial charge is 0.449 e. The molecule has 0 unspecified atom stereocenters. The van der Waals surface area contributed by atoms with E-state index < -0.39 is 0 Å². The molecule has 1 rings (SSSR count). The van der Waals surface area contributed by atoms with Gasteiger partial charge in [0.1, 0.15) is 6.73 Å². The average molecular weight is 115 g/mol. The number of esters is 1. The Morgan fingerprint density at radius 3 is 2.88 bits per heavy atom. The first kappa shape index (κ1) is 5.56. The maximum atomic E-state index is 10.3. The van der Waals surface area contributed by atoms with E-state index in [-0.39, 0.29) is 5.97 Å². The molecule has 0 spiro atoms. The van der Waals surface area contributed by atoms with Gasteiger partial charge in [0, 0.05) is 0 Å². The first-order valence-electron chi connectivity index (χ1n) is 2.71. The van der Waals surface area contributed by atoms with Crippen LogP contribution >= 0.6 is 0 Å². The third kappa shape index (κ3) is 0.980. The molecule has 0 aromatic heterocycles. The molecule has 1 aliphatic rings. The summed E-state index contributed by atoms with van der Waals surface area (Å²) >= 11 is 0. The Morgan fingerprint density at radius 2 is 2.62 bits per heavy atom. The van der Waals surface area contributed by atoms with Crippen molar-refractivity contribution in [3.8, 4) is 0 Å². The number of carbonyl (C=O) groups excluding carboxylic acids is 1. The molecule has 0 N–H and O–H groups in total. The van der Waals surface area contributed by atoms with E-state index >= 15 is 0 Å². The molecule has 46 valence electrons. The first-order valence-corrected chi connectivity index (χ1v) is 2.71. The molecule has 0 aromatic carbocycles. The Labute approximate surface area is 48.2 Å². The van der Waals surface area contributed by atoms with Crippen molar-refractivity contribution in [3.05, 3.63) is 0 Å². The number of nitrogens with zero attached hydrogens (tertiary/aromatic N) is 1. The molecule has 0 atom stereocenters. The molecule has 1 fully saturated rings. The van der Waals surface area contributed by atoms with Gasteiger partial charge in [-0.25, -0.2) is 0 Å². The van der Waals surface area contributed by atoms with Crippen LogP contribution in [0, 0.1) is 0 Å². The van der Waals surface area contributed by atoms with Crippen molar-refractivity contribution in [1.29, 1.82) is 0 Å². The summed E-state index contributed by atoms with van der Waals surface area (Å²) in [4.78, 5) is 12.3. The normalized spacial score (nSPS) is 21.4. The fraction of sp³-hybridized carbons (Fsp3) is 0.800. The highest BCUT2D eigenvalue weighted by atomic mass is 16.6. The molecule has 0 aromatic rings. The zero-order valence-electron chi connectivity index (χ0n) is 4.89. The van der Waals surface area contributed by atoms with Crippen LogP contribution in [0.4, 0.5) is 0 Å². The van der Waals surface area contributed by atoms with E-state index in [1.165, 1.54) is 0 Å². The minimum atomic E-state index is -0.105. The summed E-state index contributed by atoms with van der Waals surface area (Å²) in [5, 5.41) is 0. The molecule has 1 saturated heterocycles. The number of hydrogen-bond acceptors (Lipinski definition) is 3. The maximum absolute atomic E-state index is 10.3. The van der Waals surface area contributed by atoms with Crippen molar-refractivity contribution in [2.45, 2.75) is 6.92 Å². The molecule has 1 heterocycles. The zero-order chi connectivity index (χ0) is 5.98. The van der Waals surface area contributed by atoms with Crippen molar-refractivity contribution < 1.29 is 9.53 Å². The lowest BCUT2D eigenvalue weighted by Gasteiger charge is -2.03. The molecular weight excluding hydrogens is 106 g/mol. The molecule has 8 heavy (non-hydrogen) atoms. The SMILES string of the molecule is CCN1COC(=O)C1. The number of cyclic esters (lactones) is 1. The Hall–Kier alpha value is -0.570. The van der Waals surface area contributed by atoms with Gasteiger partial charge in [0.2, 0.25) is 0 Å². The number of ether oxygens (including phenoxy) is 1. The second-order valence-electron chi connectivity index (χ2n) is 1.79. The third-order valence-corrected chi connectivity index (χ3v) is 1.21. The molecule has 3 nitrogen and oxygen atoms in total. The van der Waals surface area contributed by atoms with Crippen LogP contribution in [-0.2, 0) is 9.53 Å². The van der Waals surface area contributed by atoms with Crippen LogP contribution in [0.2, 0.25) is 0 Å². The van der Waals surface area contributed by atoms with Crippen LogP contribution in [-0.4, -0.2) is 30.7 Å². The van der Waals surface area contributed by atoms with Gasteiger partial charge >= 0.3 is 5.97 Å². The van der Waals surface area contributed by atoms with E-state index in [4.69, 9.17) is 0 Å². The van der Waals surface area contributed by atoms with E-state index in [0.29, 0.717) is 13.3 Å². The summed E-state index contributed by atoms with van der Waals surface area (Å²) in [5.74, 6) is -0.105. The average Bonchev–Trinajstić information content (AvgIpc) is 2.14. The van der Waals surface area contributed by atoms with Gasteiger partial charge in [-0.3, -0.25) is 9.69 Å². The lowest BCUT2D eigenvalue weighted by atomic mass is 10.6. The second kappa shape index (κ2) is 2.13. The number of hydrogen-bond donors (Lipinski definition) is 0. The fourth-order valence-corrected chi connectivity index (χ4v) is 0.640. The van der Waals surface area contributed by atoms with Crippen molar-refractivity contribution in [2.24, 2.45) is 0 Å². The molecule has 0 radical (unpaired) electrons. The molecule has 0 amide bonds.